The van der Waals surface area contributed by atoms with Crippen LogP contribution < -0.4 is 10.5 Å². The number of pyridine rings is 1. The van der Waals surface area contributed by atoms with E-state index in [0.717, 1.165) is 43.7 Å². The summed E-state index contributed by atoms with van der Waals surface area (Å²) in [6.45, 7) is 3.20. The van der Waals surface area contributed by atoms with Gasteiger partial charge in [-0.15, -0.1) is 0 Å². The van der Waals surface area contributed by atoms with E-state index in [0.29, 0.717) is 26.1 Å². The van der Waals surface area contributed by atoms with E-state index in [2.05, 4.69) is 15.0 Å². The number of ether oxygens (including phenoxy) is 1. The Balaban J connectivity index is 1.52. The number of rotatable bonds is 9. The van der Waals surface area contributed by atoms with Gasteiger partial charge in [0.15, 0.2) is 0 Å². The third-order valence-corrected chi connectivity index (χ3v) is 5.57. The van der Waals surface area contributed by atoms with Crippen LogP contribution in [-0.2, 0) is 22.5 Å². The molecule has 8 nitrogen and oxygen atoms in total. The Morgan fingerprint density at radius 3 is 2.97 bits per heavy atom. The Bertz CT molecular complexity index is 871. The highest BCUT2D eigenvalue weighted by Crippen LogP contribution is 2.24. The molecule has 0 aromatic carbocycles. The number of methoxy groups -OCH3 is 1. The average Bonchev–Trinajstić information content (AvgIpc) is 2.77. The second-order valence-corrected chi connectivity index (χ2v) is 7.81. The van der Waals surface area contributed by atoms with Crippen molar-refractivity contribution in [3.8, 4) is 0 Å². The van der Waals surface area contributed by atoms with Gasteiger partial charge in [-0.25, -0.2) is 4.68 Å². The Labute approximate surface area is 177 Å². The second-order valence-electron chi connectivity index (χ2n) is 7.81. The van der Waals surface area contributed by atoms with E-state index in [1.165, 1.54) is 4.68 Å². The fraction of sp³-hybridized carbons (Fsp3) is 0.545. The van der Waals surface area contributed by atoms with Crippen LogP contribution in [0.4, 0.5) is 5.69 Å². The van der Waals surface area contributed by atoms with Crippen molar-refractivity contribution in [2.24, 2.45) is 5.92 Å². The summed E-state index contributed by atoms with van der Waals surface area (Å²) in [6.07, 6.45) is 6.81. The minimum Gasteiger partial charge on any atom is -0.383 e. The van der Waals surface area contributed by atoms with Crippen LogP contribution >= 0.6 is 0 Å². The smallest absolute Gasteiger partial charge is 0.268 e. The van der Waals surface area contributed by atoms with Crippen LogP contribution in [0.3, 0.4) is 0 Å². The summed E-state index contributed by atoms with van der Waals surface area (Å²) in [6, 6.07) is 7.47. The van der Waals surface area contributed by atoms with Crippen LogP contribution in [-0.4, -0.2) is 66.0 Å². The molecule has 2 aromatic heterocycles. The van der Waals surface area contributed by atoms with Crippen LogP contribution in [0.25, 0.3) is 0 Å². The molecule has 2 aromatic rings. The van der Waals surface area contributed by atoms with Gasteiger partial charge in [0.05, 0.1) is 25.0 Å². The standard InChI is InChI=1S/C22H31N5O3/c1-25(11-8-19-7-3-4-9-23-19)21(28)14-18-6-5-10-26(17-18)20-15-22(29)27(24-16-20)12-13-30-2/h3-4,7,9,15-16,18H,5-6,8,10-14,17H2,1-2H3. The Hall–Kier alpha value is -2.74. The maximum absolute atomic E-state index is 12.7. The molecule has 1 saturated heterocycles. The Morgan fingerprint density at radius 2 is 2.23 bits per heavy atom. The maximum atomic E-state index is 12.7. The third kappa shape index (κ3) is 6.13. The van der Waals surface area contributed by atoms with Crippen molar-refractivity contribution in [1.82, 2.24) is 19.7 Å². The van der Waals surface area contributed by atoms with Crippen molar-refractivity contribution in [2.45, 2.75) is 32.2 Å². The summed E-state index contributed by atoms with van der Waals surface area (Å²) in [5, 5.41) is 4.26. The molecule has 30 heavy (non-hydrogen) atoms. The lowest BCUT2D eigenvalue weighted by Crippen LogP contribution is -2.39. The molecule has 0 radical (unpaired) electrons. The molecular formula is C22H31N5O3. The first-order valence-electron chi connectivity index (χ1n) is 10.5. The van der Waals surface area contributed by atoms with E-state index < -0.39 is 0 Å². The molecule has 0 N–H and O–H groups in total. The molecule has 1 unspecified atom stereocenters. The largest absolute Gasteiger partial charge is 0.383 e. The maximum Gasteiger partial charge on any atom is 0.268 e. The number of carbonyl (C=O) groups is 1. The van der Waals surface area contributed by atoms with Crippen molar-refractivity contribution in [3.05, 3.63) is 52.7 Å². The molecule has 0 saturated carbocycles. The second kappa shape index (κ2) is 10.9. The highest BCUT2D eigenvalue weighted by atomic mass is 16.5. The van der Waals surface area contributed by atoms with Crippen molar-refractivity contribution in [1.29, 1.82) is 0 Å². The summed E-state index contributed by atoms with van der Waals surface area (Å²) in [5.74, 6) is 0.436. The number of anilines is 1. The number of amides is 1. The molecule has 1 amide bonds. The van der Waals surface area contributed by atoms with E-state index in [9.17, 15) is 9.59 Å². The van der Waals surface area contributed by atoms with Gasteiger partial charge in [-0.05, 0) is 30.9 Å². The van der Waals surface area contributed by atoms with Gasteiger partial charge in [-0.3, -0.25) is 14.6 Å². The van der Waals surface area contributed by atoms with Gasteiger partial charge < -0.3 is 14.5 Å². The van der Waals surface area contributed by atoms with Crippen LogP contribution in [0.5, 0.6) is 0 Å². The predicted octanol–water partition coefficient (Wildman–Crippen LogP) is 1.59. The molecule has 3 heterocycles. The molecule has 1 fully saturated rings. The zero-order valence-corrected chi connectivity index (χ0v) is 17.9. The minimum absolute atomic E-state index is 0.128. The Kier molecular flexibility index (Phi) is 7.96. The van der Waals surface area contributed by atoms with E-state index in [1.54, 1.807) is 30.5 Å². The summed E-state index contributed by atoms with van der Waals surface area (Å²) in [4.78, 5) is 33.2. The van der Waals surface area contributed by atoms with Crippen molar-refractivity contribution >= 4 is 11.6 Å². The third-order valence-electron chi connectivity index (χ3n) is 5.57. The van der Waals surface area contributed by atoms with Gasteiger partial charge >= 0.3 is 0 Å². The summed E-state index contributed by atoms with van der Waals surface area (Å²) in [7, 11) is 3.46. The van der Waals surface area contributed by atoms with Crippen LogP contribution in [0, 0.1) is 5.92 Å². The first-order chi connectivity index (χ1) is 14.6. The predicted molar refractivity (Wildman–Crippen MR) is 116 cm³/mol. The monoisotopic (exact) mass is 413 g/mol. The molecule has 8 heteroatoms. The lowest BCUT2D eigenvalue weighted by Gasteiger charge is -2.34. The number of hydrogen-bond donors (Lipinski definition) is 0. The van der Waals surface area contributed by atoms with Crippen LogP contribution in [0.15, 0.2) is 41.5 Å². The van der Waals surface area contributed by atoms with Gasteiger partial charge in [0.2, 0.25) is 5.91 Å². The summed E-state index contributed by atoms with van der Waals surface area (Å²) >= 11 is 0. The van der Waals surface area contributed by atoms with Gasteiger partial charge in [0, 0.05) is 64.6 Å². The first kappa shape index (κ1) is 22.0. The number of likely N-dealkylation sites (N-methyl/N-ethyl adjacent to an activating group) is 1. The molecule has 1 atom stereocenters. The number of carbonyl (C=O) groups excluding carboxylic acids is 1. The van der Waals surface area contributed by atoms with Gasteiger partial charge in [-0.2, -0.15) is 5.10 Å². The summed E-state index contributed by atoms with van der Waals surface area (Å²) in [5.41, 5.74) is 1.69. The first-order valence-corrected chi connectivity index (χ1v) is 10.5. The zero-order chi connectivity index (χ0) is 21.3. The minimum atomic E-state index is -0.128. The molecule has 0 aliphatic carbocycles. The van der Waals surface area contributed by atoms with Gasteiger partial charge in [0.1, 0.15) is 0 Å². The summed E-state index contributed by atoms with van der Waals surface area (Å²) < 4.78 is 6.42. The van der Waals surface area contributed by atoms with Gasteiger partial charge in [-0.1, -0.05) is 6.07 Å². The topological polar surface area (TPSA) is 80.6 Å². The van der Waals surface area contributed by atoms with E-state index in [1.807, 2.05) is 25.2 Å². The zero-order valence-electron chi connectivity index (χ0n) is 17.9. The normalized spacial score (nSPS) is 16.5. The van der Waals surface area contributed by atoms with Crippen molar-refractivity contribution in [3.63, 3.8) is 0 Å². The molecule has 1 aliphatic rings. The molecule has 162 valence electrons. The Morgan fingerprint density at radius 1 is 1.37 bits per heavy atom. The van der Waals surface area contributed by atoms with Crippen LogP contribution in [0.2, 0.25) is 0 Å². The fourth-order valence-corrected chi connectivity index (χ4v) is 3.76. The molecule has 3 rings (SSSR count). The molecule has 1 aliphatic heterocycles. The van der Waals surface area contributed by atoms with Crippen molar-refractivity contribution in [2.75, 3.05) is 45.3 Å². The SMILES string of the molecule is COCCn1ncc(N2CCCC(CC(=O)N(C)CCc3ccccn3)C2)cc1=O. The van der Waals surface area contributed by atoms with Crippen LogP contribution in [0.1, 0.15) is 25.0 Å². The highest BCUT2D eigenvalue weighted by Gasteiger charge is 2.24. The van der Waals surface area contributed by atoms with E-state index in [-0.39, 0.29) is 17.4 Å². The molecule has 0 bridgehead atoms. The molecule has 0 spiro atoms. The number of piperidine rings is 1. The van der Waals surface area contributed by atoms with Gasteiger partial charge in [0.25, 0.3) is 5.56 Å². The lowest BCUT2D eigenvalue weighted by atomic mass is 9.94. The number of aromatic nitrogens is 3. The number of nitrogens with zero attached hydrogens (tertiary/aromatic N) is 5. The highest BCUT2D eigenvalue weighted by molar-refractivity contribution is 5.76. The molecular weight excluding hydrogens is 382 g/mol. The fourth-order valence-electron chi connectivity index (χ4n) is 3.76. The quantitative estimate of drug-likeness (QED) is 0.621. The van der Waals surface area contributed by atoms with E-state index in [4.69, 9.17) is 4.74 Å². The van der Waals surface area contributed by atoms with Crippen molar-refractivity contribution < 1.29 is 9.53 Å². The number of hydrogen-bond acceptors (Lipinski definition) is 6. The van der Waals surface area contributed by atoms with E-state index >= 15 is 0 Å². The average molecular weight is 414 g/mol. The lowest BCUT2D eigenvalue weighted by molar-refractivity contribution is -0.130.